The molecule has 186 valence electrons. The Bertz CT molecular complexity index is 1470. The number of fused-ring (bicyclic) bond motifs is 3. The second-order valence-corrected chi connectivity index (χ2v) is 10.5. The first-order valence-electron chi connectivity index (χ1n) is 13.3. The van der Waals surface area contributed by atoms with E-state index in [1.807, 2.05) is 19.4 Å². The number of benzene rings is 2. The average Bonchev–Trinajstić information content (AvgIpc) is 3.74. The van der Waals surface area contributed by atoms with Gasteiger partial charge >= 0.3 is 147 Å². The van der Waals surface area contributed by atoms with Crippen molar-refractivity contribution in [2.45, 2.75) is 44.4 Å². The molecule has 2 unspecified atom stereocenters. The number of ether oxygens (including phenoxy) is 1. The Kier molecular flexibility index (Phi) is 5.50. The molecular formula is C29H31BN6O. The van der Waals surface area contributed by atoms with E-state index >= 15 is 0 Å². The number of H-pyrrole nitrogens is 2. The van der Waals surface area contributed by atoms with E-state index in [-0.39, 0.29) is 0 Å². The number of rotatable bonds is 5. The minimum atomic E-state index is 0.290. The summed E-state index contributed by atoms with van der Waals surface area (Å²) in [4.78, 5) is 21.2. The predicted octanol–water partition coefficient (Wildman–Crippen LogP) is 4.98. The van der Waals surface area contributed by atoms with Crippen LogP contribution in [0, 0.1) is 0 Å². The fraction of sp³-hybridized carbons (Fsp3) is 0.345. The van der Waals surface area contributed by atoms with Crippen molar-refractivity contribution < 1.29 is 4.74 Å². The molecule has 0 saturated carbocycles. The number of hydrogen-bond acceptors (Lipinski definition) is 5. The number of aromatic nitrogens is 4. The van der Waals surface area contributed by atoms with Gasteiger partial charge in [-0.2, -0.15) is 0 Å². The van der Waals surface area contributed by atoms with Crippen LogP contribution in [0.15, 0.2) is 48.8 Å². The maximum atomic E-state index is 6.26. The molecule has 0 radical (unpaired) electrons. The summed E-state index contributed by atoms with van der Waals surface area (Å²) in [6.45, 7) is 6.68. The Morgan fingerprint density at radius 2 is 1.57 bits per heavy atom. The monoisotopic (exact) mass is 490 g/mol. The van der Waals surface area contributed by atoms with Crippen molar-refractivity contribution in [1.82, 2.24) is 29.6 Å². The molecule has 3 aliphatic rings. The van der Waals surface area contributed by atoms with Crippen molar-refractivity contribution >= 4 is 13.5 Å². The fourth-order valence-electron chi connectivity index (χ4n) is 6.19. The van der Waals surface area contributed by atoms with Crippen molar-refractivity contribution in [3.63, 3.8) is 0 Å². The SMILES string of the molecule is C=BN1CCCC1c1ncc(-c2ccc3c(c2)COc2cc(-c4cnc(C5CCCN5C)[nH]4)ccc2-3)[nH]1. The van der Waals surface area contributed by atoms with E-state index in [1.165, 1.54) is 24.0 Å². The Morgan fingerprint density at radius 3 is 2.30 bits per heavy atom. The molecule has 4 aromatic rings. The number of imidazole rings is 2. The summed E-state index contributed by atoms with van der Waals surface area (Å²) in [5, 5.41) is 0. The van der Waals surface area contributed by atoms with Gasteiger partial charge in [0.15, 0.2) is 0 Å². The summed E-state index contributed by atoms with van der Waals surface area (Å²) in [6, 6.07) is 13.8. The van der Waals surface area contributed by atoms with Crippen LogP contribution in [0.25, 0.3) is 33.6 Å². The van der Waals surface area contributed by atoms with E-state index in [9.17, 15) is 0 Å². The summed E-state index contributed by atoms with van der Waals surface area (Å²) < 4.78 is 6.26. The van der Waals surface area contributed by atoms with Crippen molar-refractivity contribution in [3.05, 3.63) is 66.0 Å². The Morgan fingerprint density at radius 1 is 0.892 bits per heavy atom. The number of aromatic amines is 2. The van der Waals surface area contributed by atoms with E-state index < -0.39 is 0 Å². The van der Waals surface area contributed by atoms with E-state index in [2.05, 4.69) is 69.6 Å². The molecule has 2 aromatic heterocycles. The van der Waals surface area contributed by atoms with Gasteiger partial charge in [0, 0.05) is 5.56 Å². The average molecular weight is 490 g/mol. The van der Waals surface area contributed by atoms with E-state index in [4.69, 9.17) is 14.7 Å². The van der Waals surface area contributed by atoms with Crippen LogP contribution >= 0.6 is 0 Å². The molecule has 8 heteroatoms. The number of hydrogen-bond donors (Lipinski definition) is 2. The van der Waals surface area contributed by atoms with Crippen LogP contribution in [-0.2, 0) is 6.61 Å². The first-order valence-corrected chi connectivity index (χ1v) is 13.3. The molecule has 2 atom stereocenters. The topological polar surface area (TPSA) is 73.1 Å². The predicted molar refractivity (Wildman–Crippen MR) is 148 cm³/mol. The standard InChI is InChI=1S/C29H31BN6O/c1-30-36-12-4-6-26(36)29-32-15-23(34-29)18-7-9-21-20(13-18)17-37-27-14-19(8-10-22(21)27)24-16-31-28(33-24)25-5-3-11-35(25)2/h7-10,13-16,25-26H,1,3-6,11-12,17H2,2H3,(H,31,33)(H,32,34). The number of likely N-dealkylation sites (tertiary alicyclic amines) is 1. The van der Waals surface area contributed by atoms with Crippen LogP contribution < -0.4 is 4.74 Å². The summed E-state index contributed by atoms with van der Waals surface area (Å²) >= 11 is 0. The van der Waals surface area contributed by atoms with E-state index in [0.29, 0.717) is 18.7 Å². The second-order valence-electron chi connectivity index (χ2n) is 10.5. The Balaban J connectivity index is 1.14. The van der Waals surface area contributed by atoms with Gasteiger partial charge in [0.1, 0.15) is 5.82 Å². The van der Waals surface area contributed by atoms with Crippen molar-refractivity contribution in [1.29, 1.82) is 0 Å². The van der Waals surface area contributed by atoms with Crippen molar-refractivity contribution in [2.75, 3.05) is 20.1 Å². The molecule has 3 aliphatic heterocycles. The molecule has 0 amide bonds. The first kappa shape index (κ1) is 22.5. The Labute approximate surface area is 217 Å². The summed E-state index contributed by atoms with van der Waals surface area (Å²) in [6.07, 6.45) is 8.55. The van der Waals surface area contributed by atoms with Gasteiger partial charge in [-0.3, -0.25) is 4.90 Å². The van der Waals surface area contributed by atoms with Crippen LogP contribution in [0.3, 0.4) is 0 Å². The third-order valence-corrected chi connectivity index (χ3v) is 8.25. The molecule has 37 heavy (non-hydrogen) atoms. The van der Waals surface area contributed by atoms with Crippen LogP contribution in [0.1, 0.15) is 55.0 Å². The van der Waals surface area contributed by atoms with Gasteiger partial charge in [-0.05, 0) is 26.4 Å². The molecule has 0 spiro atoms. The van der Waals surface area contributed by atoms with E-state index in [0.717, 1.165) is 71.4 Å². The van der Waals surface area contributed by atoms with Crippen LogP contribution in [0.4, 0.5) is 0 Å². The first-order chi connectivity index (χ1) is 18.2. The quantitative estimate of drug-likeness (QED) is 0.386. The number of nitrogens with one attached hydrogen (secondary N) is 2. The van der Waals surface area contributed by atoms with Crippen LogP contribution in [0.2, 0.25) is 0 Å². The van der Waals surface area contributed by atoms with Gasteiger partial charge in [-0.25, -0.2) is 4.98 Å². The summed E-state index contributed by atoms with van der Waals surface area (Å²) in [5.41, 5.74) is 7.85. The molecule has 2 aromatic carbocycles. The molecule has 0 aliphatic carbocycles. The molecule has 2 N–H and O–H groups in total. The molecule has 2 fully saturated rings. The molecule has 5 heterocycles. The molecule has 7 nitrogen and oxygen atoms in total. The zero-order chi connectivity index (χ0) is 24.9. The van der Waals surface area contributed by atoms with Gasteiger partial charge in [-0.1, -0.05) is 0 Å². The van der Waals surface area contributed by atoms with Crippen LogP contribution in [0.5, 0.6) is 5.75 Å². The normalized spacial score (nSPS) is 20.9. The third-order valence-electron chi connectivity index (χ3n) is 8.25. The third kappa shape index (κ3) is 3.91. The van der Waals surface area contributed by atoms with Crippen molar-refractivity contribution in [3.8, 4) is 39.4 Å². The molecule has 7 rings (SSSR count). The van der Waals surface area contributed by atoms with Gasteiger partial charge in [-0.15, -0.1) is 0 Å². The number of nitrogens with zero attached hydrogens (tertiary/aromatic N) is 4. The van der Waals surface area contributed by atoms with Gasteiger partial charge in [0.2, 0.25) is 0 Å². The molecule has 0 bridgehead atoms. The fourth-order valence-corrected chi connectivity index (χ4v) is 6.19. The van der Waals surface area contributed by atoms with Gasteiger partial charge < -0.3 is 4.98 Å². The van der Waals surface area contributed by atoms with E-state index in [1.54, 1.807) is 0 Å². The summed E-state index contributed by atoms with van der Waals surface area (Å²) in [5.74, 6) is 2.99. The van der Waals surface area contributed by atoms with Crippen LogP contribution in [-0.4, -0.2) is 63.3 Å². The minimum absolute atomic E-state index is 0.290. The zero-order valence-electron chi connectivity index (χ0n) is 21.2. The maximum absolute atomic E-state index is 6.26. The molecule has 2 saturated heterocycles. The second kappa shape index (κ2) is 9.03. The summed E-state index contributed by atoms with van der Waals surface area (Å²) in [7, 11) is 4.10. The van der Waals surface area contributed by atoms with Crippen molar-refractivity contribution in [2.24, 2.45) is 0 Å². The Hall–Kier alpha value is -3.65. The molecular weight excluding hydrogens is 459 g/mol. The van der Waals surface area contributed by atoms with Gasteiger partial charge in [0.25, 0.3) is 0 Å². The zero-order valence-corrected chi connectivity index (χ0v) is 21.2. The van der Waals surface area contributed by atoms with Gasteiger partial charge in [0.05, 0.1) is 17.9 Å².